The van der Waals surface area contributed by atoms with Crippen molar-refractivity contribution in [2.24, 2.45) is 11.8 Å². The molecule has 24 heavy (non-hydrogen) atoms. The highest BCUT2D eigenvalue weighted by atomic mass is 16.5. The summed E-state index contributed by atoms with van der Waals surface area (Å²) in [6.45, 7) is 2.29. The number of aliphatic carboxylic acids is 1. The van der Waals surface area contributed by atoms with Gasteiger partial charge >= 0.3 is 5.97 Å². The van der Waals surface area contributed by atoms with Gasteiger partial charge in [-0.2, -0.15) is 0 Å². The van der Waals surface area contributed by atoms with E-state index in [9.17, 15) is 14.7 Å². The summed E-state index contributed by atoms with van der Waals surface area (Å²) in [6.07, 6.45) is 2.96. The zero-order valence-electron chi connectivity index (χ0n) is 14.0. The Morgan fingerprint density at radius 3 is 2.79 bits per heavy atom. The lowest BCUT2D eigenvalue weighted by molar-refractivity contribution is -0.150. The standard InChI is InChI=1S/C18H23NO5/c1-11-8-13(6-7-15(11)23-2)24-10-16(20)19-9-12-4-3-5-14(12)17(19)18(21)22/h6-8,12,14,17H,3-5,9-10H2,1-2H3,(H,21,22). The van der Waals surface area contributed by atoms with Crippen LogP contribution in [0.3, 0.4) is 0 Å². The van der Waals surface area contributed by atoms with Crippen LogP contribution in [0, 0.1) is 18.8 Å². The first-order valence-electron chi connectivity index (χ1n) is 8.31. The molecule has 3 atom stereocenters. The fourth-order valence-electron chi connectivity index (χ4n) is 4.05. The lowest BCUT2D eigenvalue weighted by Gasteiger charge is -2.24. The first-order valence-corrected chi connectivity index (χ1v) is 8.31. The largest absolute Gasteiger partial charge is 0.496 e. The number of hydrogen-bond donors (Lipinski definition) is 1. The highest BCUT2D eigenvalue weighted by molar-refractivity contribution is 5.85. The highest BCUT2D eigenvalue weighted by Gasteiger charge is 2.49. The maximum absolute atomic E-state index is 12.5. The van der Waals surface area contributed by atoms with Crippen LogP contribution in [0.5, 0.6) is 11.5 Å². The normalized spacial score (nSPS) is 25.4. The molecule has 1 saturated carbocycles. The van der Waals surface area contributed by atoms with Crippen LogP contribution >= 0.6 is 0 Å². The number of methoxy groups -OCH3 is 1. The SMILES string of the molecule is COc1ccc(OCC(=O)N2CC3CCCC3C2C(=O)O)cc1C. The number of carboxylic acid groups (broad SMARTS) is 1. The van der Waals surface area contributed by atoms with E-state index >= 15 is 0 Å². The molecule has 1 aliphatic heterocycles. The Hall–Kier alpha value is -2.24. The third-order valence-corrected chi connectivity index (χ3v) is 5.19. The number of carbonyl (C=O) groups is 2. The minimum absolute atomic E-state index is 0.0923. The van der Waals surface area contributed by atoms with Crippen LogP contribution in [0.2, 0.25) is 0 Å². The quantitative estimate of drug-likeness (QED) is 0.893. The monoisotopic (exact) mass is 333 g/mol. The van der Waals surface area contributed by atoms with Crippen LogP contribution in [0.1, 0.15) is 24.8 Å². The molecule has 2 aliphatic rings. The third-order valence-electron chi connectivity index (χ3n) is 5.19. The molecule has 3 unspecified atom stereocenters. The fourth-order valence-corrected chi connectivity index (χ4v) is 4.05. The molecule has 1 aliphatic carbocycles. The number of aryl methyl sites for hydroxylation is 1. The van der Waals surface area contributed by atoms with Crippen molar-refractivity contribution >= 4 is 11.9 Å². The van der Waals surface area contributed by atoms with Crippen molar-refractivity contribution in [1.82, 2.24) is 4.90 Å². The van der Waals surface area contributed by atoms with E-state index < -0.39 is 12.0 Å². The Bertz CT molecular complexity index is 644. The predicted octanol–water partition coefficient (Wildman–Crippen LogP) is 2.09. The van der Waals surface area contributed by atoms with Gasteiger partial charge in [-0.1, -0.05) is 6.42 Å². The molecule has 2 fully saturated rings. The van der Waals surface area contributed by atoms with E-state index in [2.05, 4.69) is 0 Å². The smallest absolute Gasteiger partial charge is 0.326 e. The maximum atomic E-state index is 12.5. The van der Waals surface area contributed by atoms with Gasteiger partial charge < -0.3 is 19.5 Å². The molecule has 0 radical (unpaired) electrons. The highest BCUT2D eigenvalue weighted by Crippen LogP contribution is 2.42. The molecule has 1 N–H and O–H groups in total. The fraction of sp³-hybridized carbons (Fsp3) is 0.556. The number of hydrogen-bond acceptors (Lipinski definition) is 4. The first-order chi connectivity index (χ1) is 11.5. The van der Waals surface area contributed by atoms with Crippen LogP contribution in [-0.4, -0.2) is 48.2 Å². The van der Waals surface area contributed by atoms with Gasteiger partial charge in [-0.25, -0.2) is 4.79 Å². The average Bonchev–Trinajstić information content (AvgIpc) is 3.12. The van der Waals surface area contributed by atoms with Gasteiger partial charge in [0.05, 0.1) is 7.11 Å². The molecular formula is C18H23NO5. The molecule has 6 heteroatoms. The lowest BCUT2D eigenvalue weighted by Crippen LogP contribution is -2.45. The molecule has 1 heterocycles. The summed E-state index contributed by atoms with van der Waals surface area (Å²) in [5.74, 6) is 0.580. The lowest BCUT2D eigenvalue weighted by atomic mass is 9.94. The van der Waals surface area contributed by atoms with Crippen molar-refractivity contribution in [3.05, 3.63) is 23.8 Å². The number of amides is 1. The Morgan fingerprint density at radius 2 is 2.12 bits per heavy atom. The van der Waals surface area contributed by atoms with Gasteiger partial charge in [0, 0.05) is 6.54 Å². The van der Waals surface area contributed by atoms with E-state index in [0.717, 1.165) is 30.6 Å². The molecule has 130 valence electrons. The van der Waals surface area contributed by atoms with Crippen LogP contribution in [0.15, 0.2) is 18.2 Å². The van der Waals surface area contributed by atoms with E-state index in [1.807, 2.05) is 6.92 Å². The van der Waals surface area contributed by atoms with E-state index in [1.54, 1.807) is 25.3 Å². The van der Waals surface area contributed by atoms with Crippen LogP contribution in [0.25, 0.3) is 0 Å². The topological polar surface area (TPSA) is 76.1 Å². The van der Waals surface area contributed by atoms with Gasteiger partial charge in [-0.05, 0) is 55.4 Å². The number of nitrogens with zero attached hydrogens (tertiary/aromatic N) is 1. The van der Waals surface area contributed by atoms with E-state index in [4.69, 9.17) is 9.47 Å². The Kier molecular flexibility index (Phi) is 4.64. The molecule has 1 aromatic rings. The van der Waals surface area contributed by atoms with Gasteiger partial charge in [0.15, 0.2) is 6.61 Å². The van der Waals surface area contributed by atoms with Crippen molar-refractivity contribution < 1.29 is 24.2 Å². The van der Waals surface area contributed by atoms with E-state index in [-0.39, 0.29) is 18.4 Å². The summed E-state index contributed by atoms with van der Waals surface area (Å²) >= 11 is 0. The zero-order chi connectivity index (χ0) is 17.3. The van der Waals surface area contributed by atoms with Crippen molar-refractivity contribution in [2.45, 2.75) is 32.2 Å². The van der Waals surface area contributed by atoms with Gasteiger partial charge in [-0.3, -0.25) is 4.79 Å². The number of rotatable bonds is 5. The van der Waals surface area contributed by atoms with Crippen molar-refractivity contribution in [3.63, 3.8) is 0 Å². The number of carboxylic acids is 1. The molecule has 0 spiro atoms. The second-order valence-corrected chi connectivity index (χ2v) is 6.60. The molecular weight excluding hydrogens is 310 g/mol. The van der Waals surface area contributed by atoms with Crippen molar-refractivity contribution in [3.8, 4) is 11.5 Å². The number of fused-ring (bicyclic) bond motifs is 1. The van der Waals surface area contributed by atoms with Crippen LogP contribution in [0.4, 0.5) is 0 Å². The number of ether oxygens (including phenoxy) is 2. The Labute approximate surface area is 141 Å². The van der Waals surface area contributed by atoms with Gasteiger partial charge in [-0.15, -0.1) is 0 Å². The number of benzene rings is 1. The summed E-state index contributed by atoms with van der Waals surface area (Å²) < 4.78 is 10.8. The van der Waals surface area contributed by atoms with Crippen molar-refractivity contribution in [1.29, 1.82) is 0 Å². The molecule has 6 nitrogen and oxygen atoms in total. The average molecular weight is 333 g/mol. The minimum Gasteiger partial charge on any atom is -0.496 e. The molecule has 1 saturated heterocycles. The predicted molar refractivity (Wildman–Crippen MR) is 87.2 cm³/mol. The van der Waals surface area contributed by atoms with E-state index in [1.165, 1.54) is 4.90 Å². The molecule has 0 aromatic heterocycles. The molecule has 0 bridgehead atoms. The minimum atomic E-state index is -0.905. The molecule has 1 amide bonds. The summed E-state index contributed by atoms with van der Waals surface area (Å²) in [6, 6.07) is 4.63. The van der Waals surface area contributed by atoms with Gasteiger partial charge in [0.25, 0.3) is 5.91 Å². The van der Waals surface area contributed by atoms with Crippen molar-refractivity contribution in [2.75, 3.05) is 20.3 Å². The second-order valence-electron chi connectivity index (χ2n) is 6.60. The maximum Gasteiger partial charge on any atom is 0.326 e. The Balaban J connectivity index is 1.64. The molecule has 1 aromatic carbocycles. The second kappa shape index (κ2) is 6.71. The third kappa shape index (κ3) is 3.05. The van der Waals surface area contributed by atoms with Gasteiger partial charge in [0.2, 0.25) is 0 Å². The summed E-state index contributed by atoms with van der Waals surface area (Å²) in [5, 5.41) is 9.51. The summed E-state index contributed by atoms with van der Waals surface area (Å²) in [4.78, 5) is 25.6. The number of carbonyl (C=O) groups excluding carboxylic acids is 1. The summed E-state index contributed by atoms with van der Waals surface area (Å²) in [7, 11) is 1.60. The first kappa shape index (κ1) is 16.6. The van der Waals surface area contributed by atoms with Crippen LogP contribution < -0.4 is 9.47 Å². The molecule has 3 rings (SSSR count). The zero-order valence-corrected chi connectivity index (χ0v) is 14.0. The van der Waals surface area contributed by atoms with Crippen LogP contribution in [-0.2, 0) is 9.59 Å². The number of likely N-dealkylation sites (tertiary alicyclic amines) is 1. The van der Waals surface area contributed by atoms with Gasteiger partial charge in [0.1, 0.15) is 17.5 Å². The summed E-state index contributed by atoms with van der Waals surface area (Å²) in [5.41, 5.74) is 0.918. The Morgan fingerprint density at radius 1 is 1.33 bits per heavy atom. The van der Waals surface area contributed by atoms with E-state index in [0.29, 0.717) is 18.2 Å².